The van der Waals surface area contributed by atoms with Crippen molar-refractivity contribution in [1.29, 1.82) is 0 Å². The number of rotatable bonds is 1. The number of hydrogen-bond acceptors (Lipinski definition) is 1. The van der Waals surface area contributed by atoms with Crippen molar-refractivity contribution in [2.45, 2.75) is 6.04 Å². The lowest BCUT2D eigenvalue weighted by Gasteiger charge is -2.05. The Morgan fingerprint density at radius 3 is 2.83 bits per heavy atom. The summed E-state index contributed by atoms with van der Waals surface area (Å²) < 4.78 is 13.0. The van der Waals surface area contributed by atoms with E-state index in [2.05, 4.69) is 5.92 Å². The lowest BCUT2D eigenvalue weighted by molar-refractivity contribution is 0.604. The molecule has 0 aliphatic rings. The summed E-state index contributed by atoms with van der Waals surface area (Å²) in [4.78, 5) is 0. The van der Waals surface area contributed by atoms with Gasteiger partial charge in [-0.05, 0) is 18.2 Å². The third kappa shape index (κ3) is 1.76. The smallest absolute Gasteiger partial charge is 0.129 e. The van der Waals surface area contributed by atoms with Crippen LogP contribution in [0.25, 0.3) is 0 Å². The van der Waals surface area contributed by atoms with Gasteiger partial charge in [-0.3, -0.25) is 0 Å². The maximum Gasteiger partial charge on any atom is 0.129 e. The van der Waals surface area contributed by atoms with Crippen LogP contribution in [0.1, 0.15) is 11.6 Å². The van der Waals surface area contributed by atoms with E-state index < -0.39 is 11.9 Å². The topological polar surface area (TPSA) is 26.0 Å². The molecule has 1 aromatic carbocycles. The van der Waals surface area contributed by atoms with Gasteiger partial charge in [0.05, 0.1) is 6.04 Å². The van der Waals surface area contributed by atoms with Crippen molar-refractivity contribution < 1.29 is 4.39 Å². The second kappa shape index (κ2) is 3.57. The zero-order valence-electron chi connectivity index (χ0n) is 6.22. The molecule has 62 valence electrons. The number of halogens is 2. The van der Waals surface area contributed by atoms with Crippen LogP contribution in [0.15, 0.2) is 18.2 Å². The molecule has 0 amide bonds. The summed E-state index contributed by atoms with van der Waals surface area (Å²) in [5, 5.41) is 0.428. The van der Waals surface area contributed by atoms with Crippen molar-refractivity contribution in [2.24, 2.45) is 5.73 Å². The monoisotopic (exact) mass is 183 g/mol. The van der Waals surface area contributed by atoms with Gasteiger partial charge in [-0.25, -0.2) is 4.39 Å². The molecule has 0 saturated carbocycles. The van der Waals surface area contributed by atoms with Gasteiger partial charge in [-0.2, -0.15) is 0 Å². The summed E-state index contributed by atoms with van der Waals surface area (Å²) in [6.45, 7) is 0. The predicted molar refractivity (Wildman–Crippen MR) is 47.2 cm³/mol. The summed E-state index contributed by atoms with van der Waals surface area (Å²) in [6, 6.07) is 3.39. The summed E-state index contributed by atoms with van der Waals surface area (Å²) in [5.41, 5.74) is 5.68. The molecule has 3 heteroatoms. The standard InChI is InChI=1S/C9H7ClFN/c1-2-9(12)7-5-6(10)3-4-8(7)11/h1,3-5,9H,12H2. The zero-order chi connectivity index (χ0) is 9.14. The van der Waals surface area contributed by atoms with Gasteiger partial charge in [0.1, 0.15) is 5.82 Å². The molecule has 0 fully saturated rings. The normalized spacial score (nSPS) is 12.2. The highest BCUT2D eigenvalue weighted by Crippen LogP contribution is 2.19. The maximum atomic E-state index is 13.0. The van der Waals surface area contributed by atoms with E-state index in [9.17, 15) is 4.39 Å². The molecule has 1 unspecified atom stereocenters. The van der Waals surface area contributed by atoms with Crippen LogP contribution < -0.4 is 5.73 Å². The Labute approximate surface area is 75.3 Å². The Hall–Kier alpha value is -1.04. The fraction of sp³-hybridized carbons (Fsp3) is 0.111. The highest BCUT2D eigenvalue weighted by molar-refractivity contribution is 6.30. The van der Waals surface area contributed by atoms with Crippen molar-refractivity contribution in [3.63, 3.8) is 0 Å². The first-order valence-electron chi connectivity index (χ1n) is 3.32. The van der Waals surface area contributed by atoms with Crippen LogP contribution in [0.3, 0.4) is 0 Å². The van der Waals surface area contributed by atoms with Crippen molar-refractivity contribution >= 4 is 11.6 Å². The molecule has 0 aliphatic heterocycles. The van der Waals surface area contributed by atoms with Gasteiger partial charge in [-0.1, -0.05) is 17.5 Å². The molecule has 0 bridgehead atoms. The Kier molecular flexibility index (Phi) is 2.69. The molecule has 0 heterocycles. The summed E-state index contributed by atoms with van der Waals surface area (Å²) in [7, 11) is 0. The van der Waals surface area contributed by atoms with Gasteiger partial charge in [-0.15, -0.1) is 6.42 Å². The van der Waals surface area contributed by atoms with Crippen LogP contribution in [0.5, 0.6) is 0 Å². The molecular formula is C9H7ClFN. The minimum absolute atomic E-state index is 0.255. The molecule has 0 spiro atoms. The van der Waals surface area contributed by atoms with Crippen LogP contribution >= 0.6 is 11.6 Å². The third-order valence-electron chi connectivity index (χ3n) is 1.47. The Morgan fingerprint density at radius 1 is 1.58 bits per heavy atom. The highest BCUT2D eigenvalue weighted by Gasteiger charge is 2.08. The average molecular weight is 184 g/mol. The van der Waals surface area contributed by atoms with Gasteiger partial charge in [0.15, 0.2) is 0 Å². The van der Waals surface area contributed by atoms with E-state index in [1.807, 2.05) is 0 Å². The molecular weight excluding hydrogens is 177 g/mol. The second-order valence-electron chi connectivity index (χ2n) is 2.31. The molecule has 2 N–H and O–H groups in total. The minimum atomic E-state index is -0.733. The third-order valence-corrected chi connectivity index (χ3v) is 1.71. The molecule has 1 rings (SSSR count). The molecule has 0 aromatic heterocycles. The van der Waals surface area contributed by atoms with Crippen molar-refractivity contribution in [3.8, 4) is 12.3 Å². The molecule has 0 radical (unpaired) electrons. The fourth-order valence-electron chi connectivity index (χ4n) is 0.843. The Morgan fingerprint density at radius 2 is 2.25 bits per heavy atom. The number of nitrogens with two attached hydrogens (primary N) is 1. The van der Waals surface area contributed by atoms with E-state index in [1.54, 1.807) is 0 Å². The van der Waals surface area contributed by atoms with E-state index in [1.165, 1.54) is 18.2 Å². The first-order chi connectivity index (χ1) is 5.65. The maximum absolute atomic E-state index is 13.0. The lowest BCUT2D eigenvalue weighted by Crippen LogP contribution is -2.09. The van der Waals surface area contributed by atoms with Crippen LogP contribution in [0.4, 0.5) is 4.39 Å². The van der Waals surface area contributed by atoms with Gasteiger partial charge in [0, 0.05) is 10.6 Å². The Bertz CT molecular complexity index is 330. The lowest BCUT2D eigenvalue weighted by atomic mass is 10.1. The number of benzene rings is 1. The Balaban J connectivity index is 3.15. The van der Waals surface area contributed by atoms with E-state index in [0.29, 0.717) is 5.02 Å². The summed E-state index contributed by atoms with van der Waals surface area (Å²) in [6.07, 6.45) is 5.04. The molecule has 1 aromatic rings. The van der Waals surface area contributed by atoms with Gasteiger partial charge in [0.25, 0.3) is 0 Å². The SMILES string of the molecule is C#CC(N)c1cc(Cl)ccc1F. The molecule has 1 nitrogen and oxygen atoms in total. The van der Waals surface area contributed by atoms with E-state index >= 15 is 0 Å². The number of hydrogen-bond donors (Lipinski definition) is 1. The second-order valence-corrected chi connectivity index (χ2v) is 2.75. The van der Waals surface area contributed by atoms with E-state index in [-0.39, 0.29) is 5.56 Å². The average Bonchev–Trinajstić information content (AvgIpc) is 2.08. The van der Waals surface area contributed by atoms with Crippen LogP contribution in [-0.2, 0) is 0 Å². The largest absolute Gasteiger partial charge is 0.314 e. The zero-order valence-corrected chi connectivity index (χ0v) is 6.98. The van der Waals surface area contributed by atoms with Crippen LogP contribution in [0, 0.1) is 18.2 Å². The van der Waals surface area contributed by atoms with E-state index in [0.717, 1.165) is 0 Å². The highest BCUT2D eigenvalue weighted by atomic mass is 35.5. The first-order valence-corrected chi connectivity index (χ1v) is 3.69. The minimum Gasteiger partial charge on any atom is -0.314 e. The van der Waals surface area contributed by atoms with Crippen molar-refractivity contribution in [3.05, 3.63) is 34.6 Å². The van der Waals surface area contributed by atoms with Gasteiger partial charge in [0.2, 0.25) is 0 Å². The molecule has 0 aliphatic carbocycles. The number of terminal acetylenes is 1. The van der Waals surface area contributed by atoms with Crippen molar-refractivity contribution in [2.75, 3.05) is 0 Å². The molecule has 1 atom stereocenters. The predicted octanol–water partition coefficient (Wildman–Crippen LogP) is 2.11. The van der Waals surface area contributed by atoms with Crippen molar-refractivity contribution in [1.82, 2.24) is 0 Å². The fourth-order valence-corrected chi connectivity index (χ4v) is 1.02. The first kappa shape index (κ1) is 9.05. The summed E-state index contributed by atoms with van der Waals surface area (Å²) in [5.74, 6) is 1.80. The van der Waals surface area contributed by atoms with Gasteiger partial charge >= 0.3 is 0 Å². The van der Waals surface area contributed by atoms with Crippen LogP contribution in [-0.4, -0.2) is 0 Å². The quantitative estimate of drug-likeness (QED) is 0.664. The van der Waals surface area contributed by atoms with Crippen LogP contribution in [0.2, 0.25) is 5.02 Å². The molecule has 0 saturated heterocycles. The molecule has 12 heavy (non-hydrogen) atoms. The van der Waals surface area contributed by atoms with E-state index in [4.69, 9.17) is 23.8 Å². The summed E-state index contributed by atoms with van der Waals surface area (Å²) >= 11 is 5.63. The van der Waals surface area contributed by atoms with Gasteiger partial charge < -0.3 is 5.73 Å².